The fourth-order valence-electron chi connectivity index (χ4n) is 2.57. The van der Waals surface area contributed by atoms with Gasteiger partial charge in [0.15, 0.2) is 0 Å². The maximum absolute atomic E-state index is 5.57. The Kier molecular flexibility index (Phi) is 3.57. The zero-order chi connectivity index (χ0) is 12.5. The van der Waals surface area contributed by atoms with Crippen LogP contribution in [-0.2, 0) is 18.4 Å². The average Bonchev–Trinajstić information content (AvgIpc) is 2.62. The van der Waals surface area contributed by atoms with Crippen molar-refractivity contribution in [2.75, 3.05) is 6.54 Å². The average molecular weight is 236 g/mol. The topological polar surface area (TPSA) is 38.1 Å². The molecule has 0 saturated carbocycles. The second kappa shape index (κ2) is 4.81. The lowest BCUT2D eigenvalue weighted by atomic mass is 9.77. The van der Waals surface area contributed by atoms with Crippen molar-refractivity contribution in [3.05, 3.63) is 17.0 Å². The van der Waals surface area contributed by atoms with Gasteiger partial charge in [-0.05, 0) is 31.7 Å². The fourth-order valence-corrected chi connectivity index (χ4v) is 2.57. The Balaban J connectivity index is 2.08. The zero-order valence-corrected chi connectivity index (χ0v) is 11.5. The molecule has 1 heterocycles. The summed E-state index contributed by atoms with van der Waals surface area (Å²) in [6, 6.07) is 0. The molecule has 96 valence electrons. The van der Waals surface area contributed by atoms with Crippen molar-refractivity contribution in [2.45, 2.75) is 58.9 Å². The summed E-state index contributed by atoms with van der Waals surface area (Å²) in [4.78, 5) is 0. The monoisotopic (exact) mass is 236 g/mol. The van der Waals surface area contributed by atoms with E-state index in [1.807, 2.05) is 0 Å². The molecule has 1 aliphatic rings. The van der Waals surface area contributed by atoms with Gasteiger partial charge in [0.2, 0.25) is 0 Å². The quantitative estimate of drug-likeness (QED) is 0.873. The molecule has 1 aromatic rings. The van der Waals surface area contributed by atoms with Crippen LogP contribution >= 0.6 is 0 Å². The summed E-state index contributed by atoms with van der Waals surface area (Å²) in [5, 5.41) is 7.69. The largest absolute Gasteiger partial charge is 0.360 e. The van der Waals surface area contributed by atoms with Crippen LogP contribution in [0.4, 0.5) is 0 Å². The van der Waals surface area contributed by atoms with E-state index in [0.29, 0.717) is 5.92 Å². The van der Waals surface area contributed by atoms with Crippen LogP contribution in [0, 0.1) is 5.92 Å². The number of fused-ring (bicyclic) bond motifs is 1. The molecule has 17 heavy (non-hydrogen) atoms. The van der Waals surface area contributed by atoms with Crippen LogP contribution in [0.15, 0.2) is 4.52 Å². The van der Waals surface area contributed by atoms with E-state index in [-0.39, 0.29) is 5.41 Å². The number of nitrogens with zero attached hydrogens (tertiary/aromatic N) is 1. The van der Waals surface area contributed by atoms with Gasteiger partial charge >= 0.3 is 0 Å². The molecule has 1 aliphatic carbocycles. The Morgan fingerprint density at radius 2 is 2.18 bits per heavy atom. The minimum Gasteiger partial charge on any atom is -0.360 e. The Hall–Kier alpha value is -0.830. The Bertz CT molecular complexity index is 380. The van der Waals surface area contributed by atoms with E-state index in [4.69, 9.17) is 4.52 Å². The summed E-state index contributed by atoms with van der Waals surface area (Å²) in [7, 11) is 0. The van der Waals surface area contributed by atoms with Crippen LogP contribution in [0.1, 0.15) is 57.6 Å². The summed E-state index contributed by atoms with van der Waals surface area (Å²) >= 11 is 0. The standard InChI is InChI=1S/C14H24N2O/c1-10(2)8-15-9-12-11-6-5-7-14(3,4)13(11)17-16-12/h10,15H,5-9H2,1-4H3. The van der Waals surface area contributed by atoms with Crippen LogP contribution in [0.5, 0.6) is 0 Å². The molecule has 0 aliphatic heterocycles. The van der Waals surface area contributed by atoms with Gasteiger partial charge in [-0.1, -0.05) is 32.9 Å². The van der Waals surface area contributed by atoms with Gasteiger partial charge in [-0.25, -0.2) is 0 Å². The van der Waals surface area contributed by atoms with E-state index in [2.05, 4.69) is 38.2 Å². The molecule has 0 fully saturated rings. The van der Waals surface area contributed by atoms with Gasteiger partial charge < -0.3 is 9.84 Å². The molecule has 0 aromatic carbocycles. The van der Waals surface area contributed by atoms with Crippen molar-refractivity contribution in [2.24, 2.45) is 5.92 Å². The number of rotatable bonds is 4. The van der Waals surface area contributed by atoms with Crippen molar-refractivity contribution >= 4 is 0 Å². The van der Waals surface area contributed by atoms with Crippen molar-refractivity contribution < 1.29 is 4.52 Å². The number of nitrogens with one attached hydrogen (secondary N) is 1. The molecule has 0 saturated heterocycles. The first-order valence-electron chi connectivity index (χ1n) is 6.69. The molecular weight excluding hydrogens is 212 g/mol. The third kappa shape index (κ3) is 2.71. The molecule has 0 atom stereocenters. The van der Waals surface area contributed by atoms with E-state index in [1.165, 1.54) is 18.4 Å². The van der Waals surface area contributed by atoms with Gasteiger partial charge in [0.25, 0.3) is 0 Å². The minimum atomic E-state index is 0.164. The first-order valence-corrected chi connectivity index (χ1v) is 6.69. The molecular formula is C14H24N2O. The van der Waals surface area contributed by atoms with Crippen molar-refractivity contribution in [3.63, 3.8) is 0 Å². The summed E-state index contributed by atoms with van der Waals surface area (Å²) in [5.41, 5.74) is 2.64. The second-order valence-corrected chi connectivity index (χ2v) is 6.20. The predicted octanol–water partition coefficient (Wildman–Crippen LogP) is 3.03. The van der Waals surface area contributed by atoms with Crippen LogP contribution in [0.3, 0.4) is 0 Å². The SMILES string of the molecule is CC(C)CNCc1noc2c1CCCC2(C)C. The molecule has 1 aromatic heterocycles. The predicted molar refractivity (Wildman–Crippen MR) is 69.0 cm³/mol. The number of hydrogen-bond donors (Lipinski definition) is 1. The zero-order valence-electron chi connectivity index (χ0n) is 11.5. The first-order chi connectivity index (χ1) is 8.00. The normalized spacial score (nSPS) is 18.4. The van der Waals surface area contributed by atoms with E-state index in [0.717, 1.165) is 31.0 Å². The Morgan fingerprint density at radius 3 is 2.88 bits per heavy atom. The lowest BCUT2D eigenvalue weighted by Gasteiger charge is -2.27. The lowest BCUT2D eigenvalue weighted by molar-refractivity contribution is 0.286. The molecule has 0 radical (unpaired) electrons. The number of aromatic nitrogens is 1. The van der Waals surface area contributed by atoms with E-state index < -0.39 is 0 Å². The maximum atomic E-state index is 5.57. The van der Waals surface area contributed by atoms with Gasteiger partial charge in [0.1, 0.15) is 11.5 Å². The highest BCUT2D eigenvalue weighted by atomic mass is 16.5. The number of hydrogen-bond acceptors (Lipinski definition) is 3. The van der Waals surface area contributed by atoms with Crippen LogP contribution in [-0.4, -0.2) is 11.7 Å². The Labute approximate surface area is 104 Å². The molecule has 0 unspecified atom stereocenters. The van der Waals surface area contributed by atoms with Gasteiger partial charge in [-0.15, -0.1) is 0 Å². The van der Waals surface area contributed by atoms with Gasteiger partial charge in [0.05, 0.1) is 0 Å². The molecule has 3 nitrogen and oxygen atoms in total. The lowest BCUT2D eigenvalue weighted by Crippen LogP contribution is -2.24. The molecule has 0 bridgehead atoms. The van der Waals surface area contributed by atoms with Crippen LogP contribution in [0.25, 0.3) is 0 Å². The third-order valence-corrected chi connectivity index (χ3v) is 3.56. The van der Waals surface area contributed by atoms with Crippen molar-refractivity contribution in [3.8, 4) is 0 Å². The van der Waals surface area contributed by atoms with E-state index >= 15 is 0 Å². The molecule has 1 N–H and O–H groups in total. The highest BCUT2D eigenvalue weighted by Gasteiger charge is 2.33. The van der Waals surface area contributed by atoms with Gasteiger partial charge in [-0.3, -0.25) is 0 Å². The highest BCUT2D eigenvalue weighted by Crippen LogP contribution is 2.37. The fraction of sp³-hybridized carbons (Fsp3) is 0.786. The summed E-state index contributed by atoms with van der Waals surface area (Å²) in [5.74, 6) is 1.79. The van der Waals surface area contributed by atoms with Gasteiger partial charge in [0, 0.05) is 17.5 Å². The summed E-state index contributed by atoms with van der Waals surface area (Å²) in [6.45, 7) is 10.8. The van der Waals surface area contributed by atoms with E-state index in [9.17, 15) is 0 Å². The summed E-state index contributed by atoms with van der Waals surface area (Å²) < 4.78 is 5.57. The highest BCUT2D eigenvalue weighted by molar-refractivity contribution is 5.30. The molecule has 3 heteroatoms. The second-order valence-electron chi connectivity index (χ2n) is 6.20. The van der Waals surface area contributed by atoms with Crippen LogP contribution in [0.2, 0.25) is 0 Å². The van der Waals surface area contributed by atoms with Gasteiger partial charge in [-0.2, -0.15) is 0 Å². The first kappa shape index (κ1) is 12.6. The molecule has 2 rings (SSSR count). The molecule has 0 amide bonds. The minimum absolute atomic E-state index is 0.164. The maximum Gasteiger partial charge on any atom is 0.145 e. The summed E-state index contributed by atoms with van der Waals surface area (Å²) in [6.07, 6.45) is 3.58. The van der Waals surface area contributed by atoms with Crippen LogP contribution < -0.4 is 5.32 Å². The smallest absolute Gasteiger partial charge is 0.145 e. The molecule has 0 spiro atoms. The van der Waals surface area contributed by atoms with E-state index in [1.54, 1.807) is 0 Å². The Morgan fingerprint density at radius 1 is 1.41 bits per heavy atom. The third-order valence-electron chi connectivity index (χ3n) is 3.56. The van der Waals surface area contributed by atoms with Crippen molar-refractivity contribution in [1.82, 2.24) is 10.5 Å². The van der Waals surface area contributed by atoms with Crippen molar-refractivity contribution in [1.29, 1.82) is 0 Å².